The Morgan fingerprint density at radius 3 is 2.73 bits per heavy atom. The van der Waals surface area contributed by atoms with Crippen molar-refractivity contribution in [1.82, 2.24) is 5.32 Å². The van der Waals surface area contributed by atoms with E-state index in [1.54, 1.807) is 0 Å². The van der Waals surface area contributed by atoms with E-state index >= 15 is 0 Å². The van der Waals surface area contributed by atoms with Gasteiger partial charge in [-0.15, -0.1) is 0 Å². The topological polar surface area (TPSA) is 12.0 Å². The molecule has 0 fully saturated rings. The van der Waals surface area contributed by atoms with Crippen LogP contribution in [0.1, 0.15) is 5.56 Å². The van der Waals surface area contributed by atoms with Gasteiger partial charge in [-0.3, -0.25) is 0 Å². The zero-order valence-electron chi connectivity index (χ0n) is 6.60. The van der Waals surface area contributed by atoms with Crippen molar-refractivity contribution < 1.29 is 0 Å². The van der Waals surface area contributed by atoms with E-state index in [1.807, 2.05) is 25.2 Å². The lowest BCUT2D eigenvalue weighted by Gasteiger charge is -2.01. The fourth-order valence-corrected chi connectivity index (χ4v) is 1.19. The molecular formula is C9H12ClN. The Balaban J connectivity index is 2.62. The van der Waals surface area contributed by atoms with Crippen LogP contribution in [-0.2, 0) is 6.42 Å². The van der Waals surface area contributed by atoms with Crippen LogP contribution >= 0.6 is 11.6 Å². The molecule has 1 aromatic rings. The molecule has 1 N–H and O–H groups in total. The van der Waals surface area contributed by atoms with Crippen LogP contribution in [0.5, 0.6) is 0 Å². The Hall–Kier alpha value is -0.530. The summed E-state index contributed by atoms with van der Waals surface area (Å²) in [6, 6.07) is 7.94. The normalized spacial score (nSPS) is 10.0. The number of hydrogen-bond acceptors (Lipinski definition) is 1. The molecule has 0 aromatic heterocycles. The van der Waals surface area contributed by atoms with Gasteiger partial charge in [0.25, 0.3) is 0 Å². The van der Waals surface area contributed by atoms with Gasteiger partial charge in [0.15, 0.2) is 0 Å². The molecule has 60 valence electrons. The molecule has 0 amide bonds. The van der Waals surface area contributed by atoms with Crippen LogP contribution in [0.2, 0.25) is 5.02 Å². The van der Waals surface area contributed by atoms with Crippen molar-refractivity contribution in [3.05, 3.63) is 34.9 Å². The van der Waals surface area contributed by atoms with Crippen LogP contribution in [-0.4, -0.2) is 13.6 Å². The van der Waals surface area contributed by atoms with Gasteiger partial charge in [0.05, 0.1) is 0 Å². The monoisotopic (exact) mass is 169 g/mol. The minimum Gasteiger partial charge on any atom is -0.319 e. The van der Waals surface area contributed by atoms with Gasteiger partial charge < -0.3 is 5.32 Å². The van der Waals surface area contributed by atoms with Crippen molar-refractivity contribution in [2.75, 3.05) is 13.6 Å². The van der Waals surface area contributed by atoms with Crippen molar-refractivity contribution in [1.29, 1.82) is 0 Å². The van der Waals surface area contributed by atoms with Crippen LogP contribution in [0.25, 0.3) is 0 Å². The highest BCUT2D eigenvalue weighted by Crippen LogP contribution is 2.14. The molecule has 2 heteroatoms. The number of rotatable bonds is 3. The largest absolute Gasteiger partial charge is 0.319 e. The third kappa shape index (κ3) is 2.52. The van der Waals surface area contributed by atoms with Gasteiger partial charge in [-0.05, 0) is 31.6 Å². The van der Waals surface area contributed by atoms with Crippen molar-refractivity contribution in [3.8, 4) is 0 Å². The van der Waals surface area contributed by atoms with Crippen LogP contribution in [0, 0.1) is 0 Å². The van der Waals surface area contributed by atoms with Crippen LogP contribution < -0.4 is 5.32 Å². The summed E-state index contributed by atoms with van der Waals surface area (Å²) in [5.74, 6) is 0. The molecule has 0 aliphatic rings. The number of nitrogens with one attached hydrogen (secondary N) is 1. The Bertz CT molecular complexity index is 223. The second-order valence-electron chi connectivity index (χ2n) is 2.44. The van der Waals surface area contributed by atoms with Gasteiger partial charge in [0.1, 0.15) is 0 Å². The summed E-state index contributed by atoms with van der Waals surface area (Å²) in [4.78, 5) is 0. The summed E-state index contributed by atoms with van der Waals surface area (Å²) in [6.07, 6.45) is 0.996. The second-order valence-corrected chi connectivity index (χ2v) is 2.85. The summed E-state index contributed by atoms with van der Waals surface area (Å²) in [6.45, 7) is 0.976. The van der Waals surface area contributed by atoms with E-state index in [0.717, 1.165) is 18.0 Å². The Labute approximate surface area is 72.4 Å². The molecule has 1 aromatic carbocycles. The molecule has 0 unspecified atom stereocenters. The van der Waals surface area contributed by atoms with Crippen LogP contribution in [0.15, 0.2) is 24.3 Å². The molecule has 1 nitrogen and oxygen atoms in total. The van der Waals surface area contributed by atoms with Gasteiger partial charge in [0.2, 0.25) is 0 Å². The van der Waals surface area contributed by atoms with Crippen molar-refractivity contribution >= 4 is 11.6 Å². The highest BCUT2D eigenvalue weighted by atomic mass is 35.5. The Morgan fingerprint density at radius 2 is 2.09 bits per heavy atom. The maximum atomic E-state index is 5.93. The molecule has 0 aliphatic heterocycles. The minimum absolute atomic E-state index is 0.864. The summed E-state index contributed by atoms with van der Waals surface area (Å²) >= 11 is 5.93. The summed E-state index contributed by atoms with van der Waals surface area (Å²) < 4.78 is 0. The molecule has 0 heterocycles. The lowest BCUT2D eigenvalue weighted by atomic mass is 10.1. The predicted molar refractivity (Wildman–Crippen MR) is 49.1 cm³/mol. The Kier molecular flexibility index (Phi) is 3.40. The van der Waals surface area contributed by atoms with E-state index in [2.05, 4.69) is 11.4 Å². The first-order chi connectivity index (χ1) is 5.34. The lowest BCUT2D eigenvalue weighted by molar-refractivity contribution is 0.792. The smallest absolute Gasteiger partial charge is 0.0438 e. The fraction of sp³-hybridized carbons (Fsp3) is 0.333. The zero-order valence-corrected chi connectivity index (χ0v) is 7.36. The lowest BCUT2D eigenvalue weighted by Crippen LogP contribution is -2.10. The fourth-order valence-electron chi connectivity index (χ4n) is 0.961. The van der Waals surface area contributed by atoms with Crippen molar-refractivity contribution in [2.24, 2.45) is 0 Å². The minimum atomic E-state index is 0.864. The van der Waals surface area contributed by atoms with E-state index < -0.39 is 0 Å². The molecular weight excluding hydrogens is 158 g/mol. The first-order valence-corrected chi connectivity index (χ1v) is 4.10. The number of hydrogen-bond donors (Lipinski definition) is 1. The van der Waals surface area contributed by atoms with Crippen LogP contribution in [0.3, 0.4) is 0 Å². The second kappa shape index (κ2) is 4.37. The molecule has 0 spiro atoms. The van der Waals surface area contributed by atoms with Gasteiger partial charge in [-0.25, -0.2) is 0 Å². The Morgan fingerprint density at radius 1 is 1.36 bits per heavy atom. The quantitative estimate of drug-likeness (QED) is 0.731. The van der Waals surface area contributed by atoms with E-state index in [-0.39, 0.29) is 0 Å². The first-order valence-electron chi connectivity index (χ1n) is 3.72. The predicted octanol–water partition coefficient (Wildman–Crippen LogP) is 2.10. The SMILES string of the molecule is CNCCc1ccccc1Cl. The van der Waals surface area contributed by atoms with E-state index in [9.17, 15) is 0 Å². The van der Waals surface area contributed by atoms with Crippen LogP contribution in [0.4, 0.5) is 0 Å². The number of likely N-dealkylation sites (N-methyl/N-ethyl adjacent to an activating group) is 1. The summed E-state index contributed by atoms with van der Waals surface area (Å²) in [5.41, 5.74) is 1.21. The third-order valence-corrected chi connectivity index (χ3v) is 1.97. The molecule has 0 saturated carbocycles. The zero-order chi connectivity index (χ0) is 8.10. The number of benzene rings is 1. The van der Waals surface area contributed by atoms with Crippen molar-refractivity contribution in [2.45, 2.75) is 6.42 Å². The molecule has 0 saturated heterocycles. The maximum absolute atomic E-state index is 5.93. The average molecular weight is 170 g/mol. The van der Waals surface area contributed by atoms with Crippen molar-refractivity contribution in [3.63, 3.8) is 0 Å². The first kappa shape index (κ1) is 8.57. The van der Waals surface area contributed by atoms with Gasteiger partial charge in [0, 0.05) is 5.02 Å². The average Bonchev–Trinajstić information content (AvgIpc) is 2.03. The van der Waals surface area contributed by atoms with E-state index in [1.165, 1.54) is 5.56 Å². The standard InChI is InChI=1S/C9H12ClN/c1-11-7-6-8-4-2-3-5-9(8)10/h2-5,11H,6-7H2,1H3. The number of halogens is 1. The maximum Gasteiger partial charge on any atom is 0.0438 e. The van der Waals surface area contributed by atoms with E-state index in [0.29, 0.717) is 0 Å². The van der Waals surface area contributed by atoms with E-state index in [4.69, 9.17) is 11.6 Å². The molecule has 1 rings (SSSR count). The van der Waals surface area contributed by atoms with Gasteiger partial charge >= 0.3 is 0 Å². The molecule has 0 aliphatic carbocycles. The molecule has 0 atom stereocenters. The molecule has 11 heavy (non-hydrogen) atoms. The summed E-state index contributed by atoms with van der Waals surface area (Å²) in [5, 5.41) is 3.95. The highest BCUT2D eigenvalue weighted by Gasteiger charge is 1.95. The van der Waals surface area contributed by atoms with Gasteiger partial charge in [-0.2, -0.15) is 0 Å². The summed E-state index contributed by atoms with van der Waals surface area (Å²) in [7, 11) is 1.94. The highest BCUT2D eigenvalue weighted by molar-refractivity contribution is 6.31. The molecule has 0 bridgehead atoms. The van der Waals surface area contributed by atoms with Gasteiger partial charge in [-0.1, -0.05) is 29.8 Å². The molecule has 0 radical (unpaired) electrons. The third-order valence-electron chi connectivity index (χ3n) is 1.60.